The fourth-order valence-electron chi connectivity index (χ4n) is 3.08. The molecule has 0 heterocycles. The minimum Gasteiger partial charge on any atom is -0.210 e. The smallest absolute Gasteiger partial charge is 0.210 e. The average molecular weight is 357 g/mol. The van der Waals surface area contributed by atoms with Crippen LogP contribution < -0.4 is 0 Å². The SMILES string of the molecule is CC.CC.CC1CCC(C(F)F)CC1.CC1CCC(C(F)F)CC1. The van der Waals surface area contributed by atoms with Crippen LogP contribution in [0.15, 0.2) is 0 Å². The van der Waals surface area contributed by atoms with Crippen molar-refractivity contribution in [3.8, 4) is 0 Å². The van der Waals surface area contributed by atoms with Gasteiger partial charge in [-0.05, 0) is 37.5 Å². The van der Waals surface area contributed by atoms with Gasteiger partial charge in [0.2, 0.25) is 12.9 Å². The largest absolute Gasteiger partial charge is 0.241 e. The predicted octanol–water partition coefficient (Wildman–Crippen LogP) is 8.21. The van der Waals surface area contributed by atoms with E-state index >= 15 is 0 Å². The number of alkyl halides is 4. The Balaban J connectivity index is 0. The van der Waals surface area contributed by atoms with Crippen LogP contribution in [0.1, 0.15) is 92.9 Å². The Morgan fingerprint density at radius 1 is 0.500 bits per heavy atom. The molecule has 0 nitrogen and oxygen atoms in total. The zero-order valence-corrected chi connectivity index (χ0v) is 16.6. The van der Waals surface area contributed by atoms with E-state index in [1.165, 1.54) is 0 Å². The van der Waals surface area contributed by atoms with Gasteiger partial charge >= 0.3 is 0 Å². The molecule has 2 saturated carbocycles. The third-order valence-corrected chi connectivity index (χ3v) is 4.83. The van der Waals surface area contributed by atoms with Crippen LogP contribution in [0.5, 0.6) is 0 Å². The molecule has 0 aromatic carbocycles. The first kappa shape index (κ1) is 26.0. The second-order valence-corrected chi connectivity index (χ2v) is 6.71. The van der Waals surface area contributed by atoms with Crippen molar-refractivity contribution >= 4 is 0 Å². The Morgan fingerprint density at radius 3 is 0.875 bits per heavy atom. The Bertz CT molecular complexity index is 214. The maximum absolute atomic E-state index is 12.0. The van der Waals surface area contributed by atoms with Crippen LogP contribution >= 0.6 is 0 Å². The lowest BCUT2D eigenvalue weighted by Gasteiger charge is -2.25. The van der Waals surface area contributed by atoms with Crippen molar-refractivity contribution in [3.63, 3.8) is 0 Å². The summed E-state index contributed by atoms with van der Waals surface area (Å²) in [5.74, 6) is 0.761. The monoisotopic (exact) mass is 356 g/mol. The highest BCUT2D eigenvalue weighted by atomic mass is 19.3. The molecule has 0 aliphatic heterocycles. The van der Waals surface area contributed by atoms with Gasteiger partial charge in [-0.25, -0.2) is 17.6 Å². The summed E-state index contributed by atoms with van der Waals surface area (Å²) in [5.41, 5.74) is 0. The highest BCUT2D eigenvalue weighted by Crippen LogP contribution is 2.32. The highest BCUT2D eigenvalue weighted by molar-refractivity contribution is 4.71. The molecule has 2 rings (SSSR count). The normalized spacial score (nSPS) is 29.5. The van der Waals surface area contributed by atoms with Crippen LogP contribution in [0.4, 0.5) is 17.6 Å². The van der Waals surface area contributed by atoms with E-state index in [9.17, 15) is 17.6 Å². The third kappa shape index (κ3) is 12.1. The lowest BCUT2D eigenvalue weighted by atomic mass is 9.83. The fourth-order valence-corrected chi connectivity index (χ4v) is 3.08. The molecule has 0 aromatic rings. The summed E-state index contributed by atoms with van der Waals surface area (Å²) in [4.78, 5) is 0. The number of rotatable bonds is 2. The first-order valence-corrected chi connectivity index (χ1v) is 9.96. The Kier molecular flexibility index (Phi) is 17.5. The molecule has 0 spiro atoms. The number of halogens is 4. The molecule has 2 aliphatic rings. The van der Waals surface area contributed by atoms with Gasteiger partial charge in [0.05, 0.1) is 0 Å². The van der Waals surface area contributed by atoms with Gasteiger partial charge in [-0.1, -0.05) is 67.2 Å². The van der Waals surface area contributed by atoms with E-state index in [-0.39, 0.29) is 11.8 Å². The average Bonchev–Trinajstić information content (AvgIpc) is 2.60. The van der Waals surface area contributed by atoms with E-state index in [1.54, 1.807) is 0 Å². The number of hydrogen-bond acceptors (Lipinski definition) is 0. The summed E-state index contributed by atoms with van der Waals surface area (Å²) in [5, 5.41) is 0. The van der Waals surface area contributed by atoms with Gasteiger partial charge in [-0.15, -0.1) is 0 Å². The first-order valence-electron chi connectivity index (χ1n) is 9.96. The molecule has 0 unspecified atom stereocenters. The van der Waals surface area contributed by atoms with Crippen molar-refractivity contribution in [2.24, 2.45) is 23.7 Å². The van der Waals surface area contributed by atoms with Crippen molar-refractivity contribution in [2.45, 2.75) is 106 Å². The van der Waals surface area contributed by atoms with Crippen LogP contribution in [-0.2, 0) is 0 Å². The molecule has 2 fully saturated rings. The zero-order valence-electron chi connectivity index (χ0n) is 16.6. The van der Waals surface area contributed by atoms with Gasteiger partial charge in [0.1, 0.15) is 0 Å². The molecule has 0 aromatic heterocycles. The van der Waals surface area contributed by atoms with Crippen LogP contribution in [-0.4, -0.2) is 12.9 Å². The van der Waals surface area contributed by atoms with Crippen LogP contribution in [0.3, 0.4) is 0 Å². The maximum Gasteiger partial charge on any atom is 0.241 e. The fraction of sp³-hybridized carbons (Fsp3) is 1.00. The van der Waals surface area contributed by atoms with E-state index in [4.69, 9.17) is 0 Å². The van der Waals surface area contributed by atoms with Crippen LogP contribution in [0.2, 0.25) is 0 Å². The highest BCUT2D eigenvalue weighted by Gasteiger charge is 2.25. The van der Waals surface area contributed by atoms with Crippen LogP contribution in [0, 0.1) is 23.7 Å². The summed E-state index contributed by atoms with van der Waals surface area (Å²) >= 11 is 0. The topological polar surface area (TPSA) is 0 Å². The summed E-state index contributed by atoms with van der Waals surface area (Å²) in [6.45, 7) is 12.3. The predicted molar refractivity (Wildman–Crippen MR) is 96.9 cm³/mol. The Labute approximate surface area is 147 Å². The minimum absolute atomic E-state index is 0.295. The second kappa shape index (κ2) is 16.2. The van der Waals surface area contributed by atoms with Crippen molar-refractivity contribution in [1.82, 2.24) is 0 Å². The third-order valence-electron chi connectivity index (χ3n) is 4.83. The molecule has 4 heteroatoms. The molecule has 0 N–H and O–H groups in total. The minimum atomic E-state index is -2.08. The van der Waals surface area contributed by atoms with Gasteiger partial charge in [0.25, 0.3) is 0 Å². The van der Waals surface area contributed by atoms with Gasteiger partial charge in [-0.3, -0.25) is 0 Å². The summed E-state index contributed by atoms with van der Waals surface area (Å²) < 4.78 is 48.2. The van der Waals surface area contributed by atoms with E-state index < -0.39 is 12.9 Å². The lowest BCUT2D eigenvalue weighted by molar-refractivity contribution is 0.0480. The summed E-state index contributed by atoms with van der Waals surface area (Å²) in [6.07, 6.45) is 2.77. The molecular weight excluding hydrogens is 316 g/mol. The molecule has 24 heavy (non-hydrogen) atoms. The molecule has 0 radical (unpaired) electrons. The van der Waals surface area contributed by atoms with Gasteiger partial charge < -0.3 is 0 Å². The molecule has 2 aliphatic carbocycles. The molecule has 0 amide bonds. The quantitative estimate of drug-likeness (QED) is 0.437. The van der Waals surface area contributed by atoms with Crippen molar-refractivity contribution in [2.75, 3.05) is 0 Å². The Morgan fingerprint density at radius 2 is 0.708 bits per heavy atom. The van der Waals surface area contributed by atoms with Crippen molar-refractivity contribution in [3.05, 3.63) is 0 Å². The van der Waals surface area contributed by atoms with E-state index in [2.05, 4.69) is 13.8 Å². The summed E-state index contributed by atoms with van der Waals surface area (Å²) in [7, 11) is 0. The standard InChI is InChI=1S/2C8H14F2.2C2H6/c2*1-6-2-4-7(5-3-6)8(9)10;2*1-2/h2*6-8H,2-5H2,1H3;2*1-2H3. The Hall–Kier alpha value is -0.280. The first-order chi connectivity index (χ1) is 11.4. The number of hydrogen-bond donors (Lipinski definition) is 0. The van der Waals surface area contributed by atoms with Gasteiger partial charge in [-0.2, -0.15) is 0 Å². The van der Waals surface area contributed by atoms with E-state index in [0.717, 1.165) is 51.4 Å². The second-order valence-electron chi connectivity index (χ2n) is 6.71. The van der Waals surface area contributed by atoms with Crippen molar-refractivity contribution < 1.29 is 17.6 Å². The van der Waals surface area contributed by atoms with Gasteiger partial charge in [0, 0.05) is 11.8 Å². The van der Waals surface area contributed by atoms with Gasteiger partial charge in [0.15, 0.2) is 0 Å². The molecular formula is C20H40F4. The summed E-state index contributed by atoms with van der Waals surface area (Å²) in [6, 6.07) is 0. The van der Waals surface area contributed by atoms with E-state index in [1.807, 2.05) is 27.7 Å². The molecule has 0 bridgehead atoms. The molecule has 0 saturated heterocycles. The lowest BCUT2D eigenvalue weighted by Crippen LogP contribution is -2.18. The molecule has 148 valence electrons. The van der Waals surface area contributed by atoms with Crippen molar-refractivity contribution in [1.29, 1.82) is 0 Å². The van der Waals surface area contributed by atoms with E-state index in [0.29, 0.717) is 11.8 Å². The zero-order chi connectivity index (χ0) is 19.1. The van der Waals surface area contributed by atoms with Crippen LogP contribution in [0.25, 0.3) is 0 Å². The molecule has 0 atom stereocenters. The maximum atomic E-state index is 12.0.